The van der Waals surface area contributed by atoms with E-state index >= 15 is 0 Å². The standard InChI is InChI=1S/C18H18F2N2O3/c1-22(2)14-6-3-12(4-7-14)10-21-17(23)11-25-18(24)13-5-8-15(19)16(20)9-13/h3-9H,10-11H2,1-2H3,(H,21,23). The van der Waals surface area contributed by atoms with Crippen LogP contribution in [0, 0.1) is 11.6 Å². The Morgan fingerprint density at radius 2 is 1.72 bits per heavy atom. The summed E-state index contributed by atoms with van der Waals surface area (Å²) in [6.45, 7) is -0.219. The second-order valence-corrected chi connectivity index (χ2v) is 5.54. The van der Waals surface area contributed by atoms with Crippen molar-refractivity contribution in [3.8, 4) is 0 Å². The highest BCUT2D eigenvalue weighted by Crippen LogP contribution is 2.12. The SMILES string of the molecule is CN(C)c1ccc(CNC(=O)COC(=O)c2ccc(F)c(F)c2)cc1. The van der Waals surface area contributed by atoms with E-state index in [0.717, 1.165) is 29.4 Å². The second kappa shape index (κ2) is 8.23. The fourth-order valence-corrected chi connectivity index (χ4v) is 2.00. The number of amides is 1. The van der Waals surface area contributed by atoms with Crippen LogP contribution in [0.4, 0.5) is 14.5 Å². The summed E-state index contributed by atoms with van der Waals surface area (Å²) >= 11 is 0. The highest BCUT2D eigenvalue weighted by Gasteiger charge is 2.12. The van der Waals surface area contributed by atoms with Gasteiger partial charge in [0.05, 0.1) is 5.56 Å². The van der Waals surface area contributed by atoms with Crippen molar-refractivity contribution in [2.75, 3.05) is 25.6 Å². The lowest BCUT2D eigenvalue weighted by atomic mass is 10.2. The van der Waals surface area contributed by atoms with Crippen LogP contribution < -0.4 is 10.2 Å². The van der Waals surface area contributed by atoms with Gasteiger partial charge in [0.2, 0.25) is 0 Å². The van der Waals surface area contributed by atoms with E-state index < -0.39 is 30.1 Å². The summed E-state index contributed by atoms with van der Waals surface area (Å²) in [4.78, 5) is 25.4. The van der Waals surface area contributed by atoms with Gasteiger partial charge >= 0.3 is 5.97 Å². The maximum absolute atomic E-state index is 13.1. The minimum atomic E-state index is -1.15. The van der Waals surface area contributed by atoms with Crippen molar-refractivity contribution in [2.45, 2.75) is 6.54 Å². The Morgan fingerprint density at radius 1 is 1.04 bits per heavy atom. The molecule has 2 rings (SSSR count). The molecule has 2 aromatic rings. The molecule has 0 bridgehead atoms. The van der Waals surface area contributed by atoms with Crippen LogP contribution in [-0.4, -0.2) is 32.6 Å². The number of ether oxygens (including phenoxy) is 1. The summed E-state index contributed by atoms with van der Waals surface area (Å²) in [7, 11) is 3.86. The maximum Gasteiger partial charge on any atom is 0.338 e. The molecule has 0 aliphatic carbocycles. The first-order valence-electron chi connectivity index (χ1n) is 7.52. The van der Waals surface area contributed by atoms with Crippen LogP contribution in [0.25, 0.3) is 0 Å². The zero-order valence-electron chi connectivity index (χ0n) is 13.9. The number of nitrogens with one attached hydrogen (secondary N) is 1. The highest BCUT2D eigenvalue weighted by atomic mass is 19.2. The second-order valence-electron chi connectivity index (χ2n) is 5.54. The number of nitrogens with zero attached hydrogens (tertiary/aromatic N) is 1. The number of hydrogen-bond acceptors (Lipinski definition) is 4. The minimum absolute atomic E-state index is 0.161. The van der Waals surface area contributed by atoms with Crippen LogP contribution in [0.2, 0.25) is 0 Å². The van der Waals surface area contributed by atoms with Gasteiger partial charge in [-0.25, -0.2) is 13.6 Å². The summed E-state index contributed by atoms with van der Waals surface area (Å²) in [5, 5.41) is 2.61. The summed E-state index contributed by atoms with van der Waals surface area (Å²) in [5.41, 5.74) is 1.77. The third-order valence-electron chi connectivity index (χ3n) is 3.43. The van der Waals surface area contributed by atoms with E-state index in [1.165, 1.54) is 0 Å². The van der Waals surface area contributed by atoms with Crippen molar-refractivity contribution in [2.24, 2.45) is 0 Å². The van der Waals surface area contributed by atoms with E-state index in [1.54, 1.807) is 0 Å². The van der Waals surface area contributed by atoms with E-state index in [0.29, 0.717) is 0 Å². The number of benzene rings is 2. The molecule has 0 aromatic heterocycles. The number of carbonyl (C=O) groups excluding carboxylic acids is 2. The van der Waals surface area contributed by atoms with Gasteiger partial charge in [-0.15, -0.1) is 0 Å². The van der Waals surface area contributed by atoms with Crippen LogP contribution in [0.5, 0.6) is 0 Å². The van der Waals surface area contributed by atoms with E-state index in [1.807, 2.05) is 43.3 Å². The Kier molecular flexibility index (Phi) is 6.05. The maximum atomic E-state index is 13.1. The molecule has 25 heavy (non-hydrogen) atoms. The van der Waals surface area contributed by atoms with Gasteiger partial charge < -0.3 is 15.0 Å². The molecule has 132 valence electrons. The Morgan fingerprint density at radius 3 is 2.32 bits per heavy atom. The number of halogens is 2. The first kappa shape index (κ1) is 18.4. The van der Waals surface area contributed by atoms with Gasteiger partial charge in [-0.05, 0) is 35.9 Å². The number of hydrogen-bond donors (Lipinski definition) is 1. The number of anilines is 1. The van der Waals surface area contributed by atoms with Crippen LogP contribution in [0.1, 0.15) is 15.9 Å². The lowest BCUT2D eigenvalue weighted by Crippen LogP contribution is -2.28. The molecular formula is C18H18F2N2O3. The van der Waals surface area contributed by atoms with Crippen molar-refractivity contribution < 1.29 is 23.1 Å². The molecular weight excluding hydrogens is 330 g/mol. The van der Waals surface area contributed by atoms with E-state index in [4.69, 9.17) is 4.74 Å². The Balaban J connectivity index is 1.80. The van der Waals surface area contributed by atoms with Crippen LogP contribution in [-0.2, 0) is 16.1 Å². The lowest BCUT2D eigenvalue weighted by Gasteiger charge is -2.13. The van der Waals surface area contributed by atoms with Crippen molar-refractivity contribution >= 4 is 17.6 Å². The summed E-state index contributed by atoms with van der Waals surface area (Å²) in [5.74, 6) is -3.60. The molecule has 0 saturated heterocycles. The summed E-state index contributed by atoms with van der Waals surface area (Å²) in [6, 6.07) is 10.2. The first-order valence-corrected chi connectivity index (χ1v) is 7.52. The molecule has 1 amide bonds. The van der Waals surface area contributed by atoms with Gasteiger partial charge in [-0.1, -0.05) is 12.1 Å². The Bertz CT molecular complexity index is 761. The molecule has 0 unspecified atom stereocenters. The molecule has 1 N–H and O–H groups in total. The monoisotopic (exact) mass is 348 g/mol. The van der Waals surface area contributed by atoms with Gasteiger partial charge in [0.15, 0.2) is 18.2 Å². The molecule has 0 heterocycles. The van der Waals surface area contributed by atoms with Crippen molar-refractivity contribution in [3.05, 3.63) is 65.2 Å². The number of rotatable bonds is 6. The van der Waals surface area contributed by atoms with Crippen molar-refractivity contribution in [3.63, 3.8) is 0 Å². The van der Waals surface area contributed by atoms with Gasteiger partial charge in [-0.3, -0.25) is 4.79 Å². The van der Waals surface area contributed by atoms with Crippen molar-refractivity contribution in [1.29, 1.82) is 0 Å². The van der Waals surface area contributed by atoms with E-state index in [-0.39, 0.29) is 12.1 Å². The fourth-order valence-electron chi connectivity index (χ4n) is 2.00. The largest absolute Gasteiger partial charge is 0.452 e. The number of esters is 1. The molecule has 0 spiro atoms. The van der Waals surface area contributed by atoms with Crippen LogP contribution >= 0.6 is 0 Å². The number of carbonyl (C=O) groups is 2. The third kappa shape index (κ3) is 5.27. The Hall–Kier alpha value is -2.96. The molecule has 0 fully saturated rings. The zero-order valence-corrected chi connectivity index (χ0v) is 13.9. The molecule has 7 heteroatoms. The van der Waals surface area contributed by atoms with Gasteiger partial charge in [0.25, 0.3) is 5.91 Å². The van der Waals surface area contributed by atoms with Crippen LogP contribution in [0.15, 0.2) is 42.5 Å². The van der Waals surface area contributed by atoms with E-state index in [2.05, 4.69) is 5.32 Å². The molecule has 0 aliphatic heterocycles. The summed E-state index contributed by atoms with van der Waals surface area (Å²) < 4.78 is 30.7. The topological polar surface area (TPSA) is 58.6 Å². The minimum Gasteiger partial charge on any atom is -0.452 e. The first-order chi connectivity index (χ1) is 11.9. The molecule has 0 radical (unpaired) electrons. The van der Waals surface area contributed by atoms with Gasteiger partial charge in [0.1, 0.15) is 0 Å². The van der Waals surface area contributed by atoms with Crippen LogP contribution in [0.3, 0.4) is 0 Å². The van der Waals surface area contributed by atoms with Gasteiger partial charge in [-0.2, -0.15) is 0 Å². The lowest BCUT2D eigenvalue weighted by molar-refractivity contribution is -0.124. The molecule has 2 aromatic carbocycles. The zero-order chi connectivity index (χ0) is 18.4. The fraction of sp³-hybridized carbons (Fsp3) is 0.222. The average molecular weight is 348 g/mol. The molecule has 0 atom stereocenters. The van der Waals surface area contributed by atoms with E-state index in [9.17, 15) is 18.4 Å². The average Bonchev–Trinajstić information content (AvgIpc) is 2.60. The molecule has 0 aliphatic rings. The molecule has 5 nitrogen and oxygen atoms in total. The highest BCUT2D eigenvalue weighted by molar-refractivity contribution is 5.91. The third-order valence-corrected chi connectivity index (χ3v) is 3.43. The molecule has 0 saturated carbocycles. The Labute approximate surface area is 144 Å². The smallest absolute Gasteiger partial charge is 0.338 e. The normalized spacial score (nSPS) is 10.2. The van der Waals surface area contributed by atoms with Gasteiger partial charge in [0, 0.05) is 26.3 Å². The quantitative estimate of drug-likeness (QED) is 0.815. The summed E-state index contributed by atoms with van der Waals surface area (Å²) in [6.07, 6.45) is 0. The van der Waals surface area contributed by atoms with Crippen molar-refractivity contribution in [1.82, 2.24) is 5.32 Å². The predicted octanol–water partition coefficient (Wildman–Crippen LogP) is 2.50. The predicted molar refractivity (Wildman–Crippen MR) is 89.3 cm³/mol.